The minimum atomic E-state index is -0.219. The minimum absolute atomic E-state index is 0.134. The Morgan fingerprint density at radius 2 is 1.79 bits per heavy atom. The molecule has 0 spiro atoms. The number of imide groups is 1. The Bertz CT molecular complexity index is 653. The minimum Gasteiger partial charge on any atom is -0.347 e. The van der Waals surface area contributed by atoms with E-state index in [1.807, 2.05) is 32.0 Å². The van der Waals surface area contributed by atoms with Crippen molar-refractivity contribution in [3.8, 4) is 0 Å². The Morgan fingerprint density at radius 3 is 2.42 bits per heavy atom. The first-order valence-corrected chi connectivity index (χ1v) is 9.32. The number of carbonyl (C=O) groups is 3. The molecule has 6 heteroatoms. The van der Waals surface area contributed by atoms with Crippen LogP contribution in [0.2, 0.25) is 0 Å². The Balaban J connectivity index is 1.77. The summed E-state index contributed by atoms with van der Waals surface area (Å²) in [5.41, 5.74) is 2.72. The van der Waals surface area contributed by atoms with Gasteiger partial charge in [-0.05, 0) is 38.8 Å². The summed E-state index contributed by atoms with van der Waals surface area (Å²) in [7, 11) is 0. The lowest BCUT2D eigenvalue weighted by Gasteiger charge is -2.36. The fourth-order valence-corrected chi connectivity index (χ4v) is 4.39. The quantitative estimate of drug-likeness (QED) is 0.913. The highest BCUT2D eigenvalue weighted by molar-refractivity contribution is 8.14. The molecule has 0 bridgehead atoms. The highest BCUT2D eigenvalue weighted by Gasteiger charge is 2.41. The predicted octanol–water partition coefficient (Wildman–Crippen LogP) is 3.04. The number of nitrogens with one attached hydrogen (secondary N) is 1. The van der Waals surface area contributed by atoms with E-state index in [1.165, 1.54) is 4.90 Å². The van der Waals surface area contributed by atoms with Crippen LogP contribution < -0.4 is 5.32 Å². The molecule has 1 N–H and O–H groups in total. The van der Waals surface area contributed by atoms with Crippen molar-refractivity contribution in [2.24, 2.45) is 0 Å². The normalized spacial score (nSPS) is 24.3. The van der Waals surface area contributed by atoms with Crippen LogP contribution >= 0.6 is 11.8 Å². The lowest BCUT2D eigenvalue weighted by Crippen LogP contribution is -2.54. The summed E-state index contributed by atoms with van der Waals surface area (Å²) in [5.74, 6) is -0.0550. The van der Waals surface area contributed by atoms with E-state index in [1.54, 1.807) is 0 Å². The predicted molar refractivity (Wildman–Crippen MR) is 94.1 cm³/mol. The van der Waals surface area contributed by atoms with E-state index < -0.39 is 0 Å². The van der Waals surface area contributed by atoms with Gasteiger partial charge in [0.05, 0.1) is 17.8 Å². The summed E-state index contributed by atoms with van der Waals surface area (Å²) >= 11 is 1.05. The smallest absolute Gasteiger partial charge is 0.289 e. The average molecular weight is 346 g/mol. The molecular formula is C18H22N2O3S. The van der Waals surface area contributed by atoms with Crippen LogP contribution in [0.5, 0.6) is 0 Å². The zero-order chi connectivity index (χ0) is 17.3. The Labute approximate surface area is 146 Å². The van der Waals surface area contributed by atoms with Crippen molar-refractivity contribution in [1.82, 2.24) is 10.2 Å². The molecule has 1 saturated carbocycles. The summed E-state index contributed by atoms with van der Waals surface area (Å²) in [4.78, 5) is 38.1. The van der Waals surface area contributed by atoms with Crippen molar-refractivity contribution in [1.29, 1.82) is 0 Å². The molecule has 2 fully saturated rings. The molecule has 3 rings (SSSR count). The first-order chi connectivity index (χ1) is 11.5. The van der Waals surface area contributed by atoms with Gasteiger partial charge in [0.15, 0.2) is 0 Å². The molecule has 1 aromatic rings. The molecule has 1 heterocycles. The van der Waals surface area contributed by atoms with Crippen molar-refractivity contribution in [2.45, 2.75) is 51.6 Å². The Hall–Kier alpha value is -1.82. The van der Waals surface area contributed by atoms with Gasteiger partial charge in [0.2, 0.25) is 5.91 Å². The third-order valence-electron chi connectivity index (χ3n) is 4.65. The van der Waals surface area contributed by atoms with Crippen molar-refractivity contribution >= 4 is 28.8 Å². The summed E-state index contributed by atoms with van der Waals surface area (Å²) in [6.45, 7) is 3.93. The molecule has 128 valence electrons. The van der Waals surface area contributed by atoms with Gasteiger partial charge in [-0.1, -0.05) is 41.8 Å². The van der Waals surface area contributed by atoms with Crippen LogP contribution in [-0.2, 0) is 4.79 Å². The highest BCUT2D eigenvalue weighted by Crippen LogP contribution is 2.30. The van der Waals surface area contributed by atoms with Crippen LogP contribution in [0.25, 0.3) is 0 Å². The van der Waals surface area contributed by atoms with Gasteiger partial charge in [-0.25, -0.2) is 0 Å². The van der Waals surface area contributed by atoms with Gasteiger partial charge in [0, 0.05) is 5.56 Å². The van der Waals surface area contributed by atoms with Gasteiger partial charge in [-0.3, -0.25) is 19.3 Å². The molecule has 0 radical (unpaired) electrons. The van der Waals surface area contributed by atoms with E-state index >= 15 is 0 Å². The molecule has 1 saturated heterocycles. The second kappa shape index (κ2) is 6.97. The summed E-state index contributed by atoms with van der Waals surface area (Å²) in [6, 6.07) is 5.37. The molecule has 1 aliphatic heterocycles. The number of hydrogen-bond donors (Lipinski definition) is 1. The topological polar surface area (TPSA) is 66.5 Å². The van der Waals surface area contributed by atoms with Crippen LogP contribution in [0.3, 0.4) is 0 Å². The Morgan fingerprint density at radius 1 is 1.12 bits per heavy atom. The van der Waals surface area contributed by atoms with Gasteiger partial charge >= 0.3 is 0 Å². The zero-order valence-electron chi connectivity index (χ0n) is 14.0. The number of thioether (sulfide) groups is 1. The standard InChI is InChI=1S/C18H22N2O3S/c1-11-7-12(2)9-13(8-11)17(22)19-14-5-3-4-6-15(14)20-16(21)10-24-18(20)23/h7-9,14-15H,3-6,10H2,1-2H3,(H,19,22)/t14-,15-/m1/s1. The lowest BCUT2D eigenvalue weighted by molar-refractivity contribution is -0.127. The van der Waals surface area contributed by atoms with Gasteiger partial charge in [0.1, 0.15) is 0 Å². The van der Waals surface area contributed by atoms with Crippen LogP contribution in [0.15, 0.2) is 18.2 Å². The molecule has 5 nitrogen and oxygen atoms in total. The third-order valence-corrected chi connectivity index (χ3v) is 5.48. The Kier molecular flexibility index (Phi) is 4.94. The van der Waals surface area contributed by atoms with Crippen LogP contribution in [0.4, 0.5) is 4.79 Å². The zero-order valence-corrected chi connectivity index (χ0v) is 14.8. The number of benzene rings is 1. The SMILES string of the molecule is Cc1cc(C)cc(C(=O)N[C@@H]2CCCC[C@H]2N2C(=O)CSC2=O)c1. The monoisotopic (exact) mass is 346 g/mol. The molecule has 2 aliphatic rings. The first-order valence-electron chi connectivity index (χ1n) is 8.33. The second-order valence-corrected chi connectivity index (χ2v) is 7.55. The van der Waals surface area contributed by atoms with Crippen molar-refractivity contribution in [3.63, 3.8) is 0 Å². The van der Waals surface area contributed by atoms with E-state index in [9.17, 15) is 14.4 Å². The van der Waals surface area contributed by atoms with Crippen molar-refractivity contribution in [2.75, 3.05) is 5.75 Å². The molecular weight excluding hydrogens is 324 g/mol. The van der Waals surface area contributed by atoms with Crippen LogP contribution in [0, 0.1) is 13.8 Å². The van der Waals surface area contributed by atoms with Gasteiger partial charge in [0.25, 0.3) is 11.1 Å². The number of amides is 3. The summed E-state index contributed by atoms with van der Waals surface area (Å²) in [6.07, 6.45) is 3.53. The fourth-order valence-electron chi connectivity index (χ4n) is 3.63. The highest BCUT2D eigenvalue weighted by atomic mass is 32.2. The van der Waals surface area contributed by atoms with Crippen LogP contribution in [0.1, 0.15) is 47.2 Å². The molecule has 1 aromatic carbocycles. The first kappa shape index (κ1) is 17.0. The number of aryl methyl sites for hydroxylation is 2. The summed E-state index contributed by atoms with van der Waals surface area (Å²) in [5, 5.41) is 2.88. The molecule has 3 amide bonds. The average Bonchev–Trinajstić information content (AvgIpc) is 2.86. The number of nitrogens with zero attached hydrogens (tertiary/aromatic N) is 1. The molecule has 0 unspecified atom stereocenters. The van der Waals surface area contributed by atoms with E-state index in [-0.39, 0.29) is 34.9 Å². The maximum atomic E-state index is 12.6. The van der Waals surface area contributed by atoms with E-state index in [0.717, 1.165) is 48.6 Å². The molecule has 24 heavy (non-hydrogen) atoms. The molecule has 1 aliphatic carbocycles. The number of rotatable bonds is 3. The maximum Gasteiger partial charge on any atom is 0.289 e. The van der Waals surface area contributed by atoms with Gasteiger partial charge < -0.3 is 5.32 Å². The molecule has 0 aromatic heterocycles. The van der Waals surface area contributed by atoms with Crippen molar-refractivity contribution < 1.29 is 14.4 Å². The number of hydrogen-bond acceptors (Lipinski definition) is 4. The van der Waals surface area contributed by atoms with E-state index in [4.69, 9.17) is 0 Å². The summed E-state index contributed by atoms with van der Waals surface area (Å²) < 4.78 is 0. The second-order valence-electron chi connectivity index (χ2n) is 6.63. The van der Waals surface area contributed by atoms with Crippen LogP contribution in [-0.4, -0.2) is 39.8 Å². The van der Waals surface area contributed by atoms with Crippen molar-refractivity contribution in [3.05, 3.63) is 34.9 Å². The fraction of sp³-hybridized carbons (Fsp3) is 0.500. The van der Waals surface area contributed by atoms with E-state index in [0.29, 0.717) is 5.56 Å². The third kappa shape index (κ3) is 3.48. The maximum absolute atomic E-state index is 12.6. The largest absolute Gasteiger partial charge is 0.347 e. The lowest BCUT2D eigenvalue weighted by atomic mass is 9.89. The van der Waals surface area contributed by atoms with E-state index in [2.05, 4.69) is 5.32 Å². The number of carbonyl (C=O) groups excluding carboxylic acids is 3. The van der Waals surface area contributed by atoms with Gasteiger partial charge in [-0.15, -0.1) is 0 Å². The van der Waals surface area contributed by atoms with Gasteiger partial charge in [-0.2, -0.15) is 0 Å². The molecule has 2 atom stereocenters.